The summed E-state index contributed by atoms with van der Waals surface area (Å²) < 4.78 is 12.3. The lowest BCUT2D eigenvalue weighted by Gasteiger charge is -2.12. The van der Waals surface area contributed by atoms with Crippen LogP contribution in [0, 0.1) is 0 Å². The number of methoxy groups -OCH3 is 1. The van der Waals surface area contributed by atoms with Crippen molar-refractivity contribution in [2.45, 2.75) is 25.5 Å². The smallest absolute Gasteiger partial charge is 0.276 e. The molecule has 144 valence electrons. The van der Waals surface area contributed by atoms with Gasteiger partial charge in [0, 0.05) is 16.1 Å². The topological polar surface area (TPSA) is 50.8 Å². The summed E-state index contributed by atoms with van der Waals surface area (Å²) >= 11 is 8.75. The number of hydrogen-bond donors (Lipinski definition) is 1. The second-order valence-corrected chi connectivity index (χ2v) is 8.01. The first-order valence-corrected chi connectivity index (χ1v) is 10.2. The molecule has 1 aliphatic heterocycles. The third kappa shape index (κ3) is 4.05. The first kappa shape index (κ1) is 19.0. The van der Waals surface area contributed by atoms with Gasteiger partial charge in [0.25, 0.3) is 5.91 Å². The lowest BCUT2D eigenvalue weighted by molar-refractivity contribution is -0.122. The highest BCUT2D eigenvalue weighted by Gasteiger charge is 2.41. The van der Waals surface area contributed by atoms with Crippen LogP contribution in [0.25, 0.3) is 6.08 Å². The zero-order valence-corrected chi connectivity index (χ0v) is 17.7. The minimum Gasteiger partial charge on any atom is -0.496 e. The van der Waals surface area contributed by atoms with E-state index in [-0.39, 0.29) is 11.9 Å². The first-order valence-electron chi connectivity index (χ1n) is 8.96. The monoisotopic (exact) mass is 458 g/mol. The summed E-state index contributed by atoms with van der Waals surface area (Å²) in [6, 6.07) is 13.7. The Labute approximate surface area is 177 Å². The van der Waals surface area contributed by atoms with Crippen LogP contribution in [0.3, 0.4) is 0 Å². The van der Waals surface area contributed by atoms with Gasteiger partial charge in [0.2, 0.25) is 0 Å². The Bertz CT molecular complexity index is 972. The molecule has 0 spiro atoms. The summed E-state index contributed by atoms with van der Waals surface area (Å²) in [5.74, 6) is 1.44. The second kappa shape index (κ2) is 7.93. The van der Waals surface area contributed by atoms with Crippen LogP contribution >= 0.6 is 28.1 Å². The van der Waals surface area contributed by atoms with E-state index in [1.807, 2.05) is 48.5 Å². The summed E-state index contributed by atoms with van der Waals surface area (Å²) in [5.41, 5.74) is 2.27. The number of hydrogen-bond acceptors (Lipinski definition) is 4. The van der Waals surface area contributed by atoms with Crippen molar-refractivity contribution >= 4 is 45.2 Å². The average Bonchev–Trinajstić information content (AvgIpc) is 3.47. The number of benzene rings is 2. The van der Waals surface area contributed by atoms with E-state index in [0.29, 0.717) is 17.4 Å². The van der Waals surface area contributed by atoms with Crippen molar-refractivity contribution in [2.24, 2.45) is 0 Å². The molecule has 0 aromatic heterocycles. The molecule has 0 radical (unpaired) electrons. The van der Waals surface area contributed by atoms with E-state index in [1.54, 1.807) is 12.0 Å². The average molecular weight is 459 g/mol. The standard InChI is InChI=1S/C21H19BrN2O3S/c1-26-19-8-5-13(9-14(19)12-27-17-4-2-3-15(22)11-17)10-18-20(25)24(16-6-7-16)21(28)23-18/h2-5,8-11,16H,6-7,12H2,1H3,(H,23,28)/b18-10+. The van der Waals surface area contributed by atoms with Crippen LogP contribution in [0.2, 0.25) is 0 Å². The molecule has 4 rings (SSSR count). The zero-order chi connectivity index (χ0) is 19.7. The highest BCUT2D eigenvalue weighted by atomic mass is 79.9. The third-order valence-corrected chi connectivity index (χ3v) is 5.42. The van der Waals surface area contributed by atoms with Gasteiger partial charge in [-0.1, -0.05) is 28.1 Å². The molecule has 1 aliphatic carbocycles. The summed E-state index contributed by atoms with van der Waals surface area (Å²) in [6.45, 7) is 0.352. The largest absolute Gasteiger partial charge is 0.496 e. The Morgan fingerprint density at radius 3 is 2.82 bits per heavy atom. The lowest BCUT2D eigenvalue weighted by Crippen LogP contribution is -2.32. The van der Waals surface area contributed by atoms with Crippen molar-refractivity contribution in [1.29, 1.82) is 0 Å². The van der Waals surface area contributed by atoms with Gasteiger partial charge in [0.15, 0.2) is 5.11 Å². The maximum absolute atomic E-state index is 12.6. The number of nitrogens with zero attached hydrogens (tertiary/aromatic N) is 1. The number of halogens is 1. The quantitative estimate of drug-likeness (QED) is 0.517. The van der Waals surface area contributed by atoms with Crippen molar-refractivity contribution in [3.05, 3.63) is 63.8 Å². The van der Waals surface area contributed by atoms with E-state index in [4.69, 9.17) is 21.7 Å². The van der Waals surface area contributed by atoms with E-state index in [0.717, 1.165) is 39.9 Å². The molecule has 1 amide bonds. The van der Waals surface area contributed by atoms with Gasteiger partial charge in [0.1, 0.15) is 23.8 Å². The van der Waals surface area contributed by atoms with E-state index >= 15 is 0 Å². The van der Waals surface area contributed by atoms with Crippen LogP contribution in [-0.2, 0) is 11.4 Å². The SMILES string of the molecule is COc1ccc(/C=C2/NC(=S)N(C3CC3)C2=O)cc1COc1cccc(Br)c1. The van der Waals surface area contributed by atoms with Gasteiger partial charge < -0.3 is 14.8 Å². The van der Waals surface area contributed by atoms with Crippen molar-refractivity contribution in [3.8, 4) is 11.5 Å². The first-order chi connectivity index (χ1) is 13.5. The fraction of sp³-hybridized carbons (Fsp3) is 0.238. The molecule has 2 aromatic rings. The molecular formula is C21H19BrN2O3S. The summed E-state index contributed by atoms with van der Waals surface area (Å²) in [4.78, 5) is 14.3. The van der Waals surface area contributed by atoms with Gasteiger partial charge in [-0.2, -0.15) is 0 Å². The molecule has 7 heteroatoms. The van der Waals surface area contributed by atoms with Crippen LogP contribution in [0.1, 0.15) is 24.0 Å². The number of carbonyl (C=O) groups is 1. The molecule has 1 heterocycles. The molecular weight excluding hydrogens is 440 g/mol. The van der Waals surface area contributed by atoms with Gasteiger partial charge in [-0.25, -0.2) is 0 Å². The molecule has 2 aromatic carbocycles. The van der Waals surface area contributed by atoms with E-state index < -0.39 is 0 Å². The summed E-state index contributed by atoms with van der Waals surface area (Å²) in [6.07, 6.45) is 3.85. The number of amides is 1. The zero-order valence-electron chi connectivity index (χ0n) is 15.3. The Morgan fingerprint density at radius 2 is 2.11 bits per heavy atom. The van der Waals surface area contributed by atoms with Crippen molar-refractivity contribution in [3.63, 3.8) is 0 Å². The molecule has 0 unspecified atom stereocenters. The minimum absolute atomic E-state index is 0.0600. The van der Waals surface area contributed by atoms with E-state index in [9.17, 15) is 4.79 Å². The van der Waals surface area contributed by atoms with Crippen molar-refractivity contribution < 1.29 is 14.3 Å². The fourth-order valence-electron chi connectivity index (χ4n) is 3.10. The molecule has 1 saturated carbocycles. The van der Waals surface area contributed by atoms with Crippen LogP contribution < -0.4 is 14.8 Å². The lowest BCUT2D eigenvalue weighted by atomic mass is 10.1. The number of ether oxygens (including phenoxy) is 2. The number of carbonyl (C=O) groups excluding carboxylic acids is 1. The van der Waals surface area contributed by atoms with Gasteiger partial charge in [-0.15, -0.1) is 0 Å². The van der Waals surface area contributed by atoms with Crippen LogP contribution in [-0.4, -0.2) is 29.1 Å². The predicted molar refractivity (Wildman–Crippen MR) is 115 cm³/mol. The maximum atomic E-state index is 12.6. The van der Waals surface area contributed by atoms with Crippen LogP contribution in [0.4, 0.5) is 0 Å². The van der Waals surface area contributed by atoms with Gasteiger partial charge in [-0.3, -0.25) is 9.69 Å². The van der Waals surface area contributed by atoms with Gasteiger partial charge in [-0.05, 0) is 67.0 Å². The van der Waals surface area contributed by atoms with Crippen LogP contribution in [0.15, 0.2) is 52.6 Å². The van der Waals surface area contributed by atoms with Gasteiger partial charge in [0.05, 0.1) is 7.11 Å². The molecule has 2 fully saturated rings. The normalized spacial score (nSPS) is 17.8. The molecule has 5 nitrogen and oxygen atoms in total. The highest BCUT2D eigenvalue weighted by Crippen LogP contribution is 2.31. The Morgan fingerprint density at radius 1 is 1.29 bits per heavy atom. The number of thiocarbonyl (C=S) groups is 1. The molecule has 1 N–H and O–H groups in total. The Hall–Kier alpha value is -2.38. The van der Waals surface area contributed by atoms with Crippen LogP contribution in [0.5, 0.6) is 11.5 Å². The van der Waals surface area contributed by atoms with Crippen molar-refractivity contribution in [1.82, 2.24) is 10.2 Å². The van der Waals surface area contributed by atoms with E-state index in [1.165, 1.54) is 0 Å². The molecule has 0 bridgehead atoms. The van der Waals surface area contributed by atoms with E-state index in [2.05, 4.69) is 21.2 Å². The molecule has 28 heavy (non-hydrogen) atoms. The Kier molecular flexibility index (Phi) is 5.37. The summed E-state index contributed by atoms with van der Waals surface area (Å²) in [5, 5.41) is 3.53. The number of nitrogens with one attached hydrogen (secondary N) is 1. The Balaban J connectivity index is 1.54. The maximum Gasteiger partial charge on any atom is 0.276 e. The van der Waals surface area contributed by atoms with Gasteiger partial charge >= 0.3 is 0 Å². The molecule has 2 aliphatic rings. The second-order valence-electron chi connectivity index (χ2n) is 6.71. The fourth-order valence-corrected chi connectivity index (χ4v) is 3.82. The van der Waals surface area contributed by atoms with Crippen molar-refractivity contribution in [2.75, 3.05) is 7.11 Å². The minimum atomic E-state index is -0.0600. The third-order valence-electron chi connectivity index (χ3n) is 4.63. The number of rotatable bonds is 6. The molecule has 1 saturated heterocycles. The predicted octanol–water partition coefficient (Wildman–Crippen LogP) is 4.26. The molecule has 0 atom stereocenters. The summed E-state index contributed by atoms with van der Waals surface area (Å²) in [7, 11) is 1.63. The highest BCUT2D eigenvalue weighted by molar-refractivity contribution is 9.10.